The molecule has 3 aromatic carbocycles. The number of amides is 1. The molecule has 1 N–H and O–H groups in total. The highest BCUT2D eigenvalue weighted by molar-refractivity contribution is 5.98. The van der Waals surface area contributed by atoms with Crippen LogP contribution in [0.15, 0.2) is 96.2 Å². The highest BCUT2D eigenvalue weighted by Crippen LogP contribution is 2.22. The van der Waals surface area contributed by atoms with Crippen molar-refractivity contribution in [2.45, 2.75) is 6.92 Å². The molecule has 4 rings (SSSR count). The zero-order chi connectivity index (χ0) is 21.5. The Morgan fingerprint density at radius 1 is 1.00 bits per heavy atom. The first kappa shape index (κ1) is 20.1. The van der Waals surface area contributed by atoms with Gasteiger partial charge in [-0.15, -0.1) is 0 Å². The van der Waals surface area contributed by atoms with Crippen LogP contribution in [0, 0.1) is 0 Å². The van der Waals surface area contributed by atoms with E-state index in [0.29, 0.717) is 17.9 Å². The molecular formula is C25H22N4O2. The molecule has 1 amide bonds. The van der Waals surface area contributed by atoms with Crippen LogP contribution in [0.5, 0.6) is 5.75 Å². The van der Waals surface area contributed by atoms with Gasteiger partial charge in [0.25, 0.3) is 5.91 Å². The lowest BCUT2D eigenvalue weighted by atomic mass is 10.1. The lowest BCUT2D eigenvalue weighted by Crippen LogP contribution is -2.18. The summed E-state index contributed by atoms with van der Waals surface area (Å²) in [4.78, 5) is 12.6. The fourth-order valence-corrected chi connectivity index (χ4v) is 3.17. The van der Waals surface area contributed by atoms with E-state index in [2.05, 4.69) is 10.5 Å². The molecule has 0 spiro atoms. The van der Waals surface area contributed by atoms with E-state index in [1.807, 2.05) is 79.9 Å². The molecule has 0 atom stereocenters. The number of carbonyl (C=O) groups is 1. The molecule has 0 saturated carbocycles. The van der Waals surface area contributed by atoms with E-state index in [1.165, 1.54) is 0 Å². The zero-order valence-electron chi connectivity index (χ0n) is 17.1. The number of aromatic nitrogens is 2. The van der Waals surface area contributed by atoms with Crippen molar-refractivity contribution in [2.24, 2.45) is 5.10 Å². The van der Waals surface area contributed by atoms with Gasteiger partial charge in [-0.25, -0.2) is 10.1 Å². The van der Waals surface area contributed by atoms with Crippen molar-refractivity contribution in [2.75, 3.05) is 6.61 Å². The van der Waals surface area contributed by atoms with Gasteiger partial charge in [-0.2, -0.15) is 10.2 Å². The Kier molecular flexibility index (Phi) is 6.18. The molecule has 6 nitrogen and oxygen atoms in total. The van der Waals surface area contributed by atoms with Gasteiger partial charge in [-0.1, -0.05) is 60.7 Å². The van der Waals surface area contributed by atoms with Crippen molar-refractivity contribution in [3.8, 4) is 22.7 Å². The van der Waals surface area contributed by atoms with E-state index in [-0.39, 0.29) is 5.91 Å². The van der Waals surface area contributed by atoms with Gasteiger partial charge < -0.3 is 4.74 Å². The van der Waals surface area contributed by atoms with Crippen LogP contribution in [-0.2, 0) is 0 Å². The van der Waals surface area contributed by atoms with E-state index in [0.717, 1.165) is 22.5 Å². The Hall–Kier alpha value is -4.19. The van der Waals surface area contributed by atoms with Gasteiger partial charge in [0, 0.05) is 17.3 Å². The summed E-state index contributed by atoms with van der Waals surface area (Å²) in [5.41, 5.74) is 6.49. The van der Waals surface area contributed by atoms with Crippen LogP contribution < -0.4 is 10.2 Å². The zero-order valence-corrected chi connectivity index (χ0v) is 17.1. The molecule has 0 fully saturated rings. The molecule has 0 unspecified atom stereocenters. The van der Waals surface area contributed by atoms with Gasteiger partial charge in [0.15, 0.2) is 0 Å². The molecule has 31 heavy (non-hydrogen) atoms. The lowest BCUT2D eigenvalue weighted by Gasteiger charge is -2.08. The Labute approximate surface area is 180 Å². The molecule has 0 aliphatic rings. The number of hydrogen-bond donors (Lipinski definition) is 1. The van der Waals surface area contributed by atoms with E-state index < -0.39 is 0 Å². The molecule has 0 bridgehead atoms. The van der Waals surface area contributed by atoms with Crippen molar-refractivity contribution < 1.29 is 9.53 Å². The minimum Gasteiger partial charge on any atom is -0.493 e. The van der Waals surface area contributed by atoms with Gasteiger partial charge in [0.2, 0.25) is 0 Å². The smallest absolute Gasteiger partial charge is 0.275 e. The maximum Gasteiger partial charge on any atom is 0.275 e. The lowest BCUT2D eigenvalue weighted by molar-refractivity contribution is 0.0951. The summed E-state index contributed by atoms with van der Waals surface area (Å²) in [6, 6.07) is 26.8. The maximum absolute atomic E-state index is 12.6. The number of nitrogens with one attached hydrogen (secondary N) is 1. The summed E-state index contributed by atoms with van der Waals surface area (Å²) in [7, 11) is 0. The monoisotopic (exact) mass is 410 g/mol. The fourth-order valence-electron chi connectivity index (χ4n) is 3.17. The average molecular weight is 410 g/mol. The van der Waals surface area contributed by atoms with Crippen LogP contribution in [0.2, 0.25) is 0 Å². The fraction of sp³-hybridized carbons (Fsp3) is 0.0800. The van der Waals surface area contributed by atoms with Crippen molar-refractivity contribution in [1.82, 2.24) is 15.2 Å². The number of para-hydroxylation sites is 2. The third kappa shape index (κ3) is 4.70. The summed E-state index contributed by atoms with van der Waals surface area (Å²) >= 11 is 0. The number of hydrogen-bond acceptors (Lipinski definition) is 4. The van der Waals surface area contributed by atoms with Crippen LogP contribution in [0.3, 0.4) is 0 Å². The Balaban J connectivity index is 1.61. The molecule has 1 heterocycles. The third-order valence-corrected chi connectivity index (χ3v) is 4.61. The van der Waals surface area contributed by atoms with Gasteiger partial charge in [-0.05, 0) is 31.2 Å². The molecule has 1 aromatic heterocycles. The first-order valence-corrected chi connectivity index (χ1v) is 10.0. The minimum absolute atomic E-state index is 0.336. The summed E-state index contributed by atoms with van der Waals surface area (Å²) in [6.45, 7) is 2.36. The Morgan fingerprint density at radius 2 is 1.68 bits per heavy atom. The van der Waals surface area contributed by atoms with E-state index in [1.54, 1.807) is 29.1 Å². The quantitative estimate of drug-likeness (QED) is 0.355. The van der Waals surface area contributed by atoms with Crippen LogP contribution >= 0.6 is 0 Å². The van der Waals surface area contributed by atoms with Gasteiger partial charge in [0.1, 0.15) is 11.4 Å². The predicted molar refractivity (Wildman–Crippen MR) is 122 cm³/mol. The van der Waals surface area contributed by atoms with Crippen molar-refractivity contribution >= 4 is 12.1 Å². The molecular weight excluding hydrogens is 388 g/mol. The maximum atomic E-state index is 12.6. The third-order valence-electron chi connectivity index (χ3n) is 4.61. The van der Waals surface area contributed by atoms with Gasteiger partial charge >= 0.3 is 0 Å². The van der Waals surface area contributed by atoms with E-state index in [4.69, 9.17) is 9.84 Å². The molecule has 154 valence electrons. The normalized spacial score (nSPS) is 10.9. The molecule has 6 heteroatoms. The standard InChI is InChI=1S/C25H22N4O2/c1-2-31-23-16-10-9-15-22(23)25(30)27-26-17-20-18-29(21-13-7-4-8-14-21)28-24(20)19-11-5-3-6-12-19/h3-18H,2H2,1H3,(H,27,30)/b26-17+. The van der Waals surface area contributed by atoms with E-state index in [9.17, 15) is 4.79 Å². The van der Waals surface area contributed by atoms with Crippen molar-refractivity contribution in [3.63, 3.8) is 0 Å². The first-order chi connectivity index (χ1) is 15.3. The van der Waals surface area contributed by atoms with E-state index >= 15 is 0 Å². The number of rotatable bonds is 7. The average Bonchev–Trinajstić information content (AvgIpc) is 3.25. The summed E-state index contributed by atoms with van der Waals surface area (Å²) in [5, 5.41) is 8.92. The van der Waals surface area contributed by atoms with Crippen LogP contribution in [0.4, 0.5) is 0 Å². The molecule has 0 aliphatic carbocycles. The summed E-state index contributed by atoms with van der Waals surface area (Å²) < 4.78 is 7.33. The van der Waals surface area contributed by atoms with Gasteiger partial charge in [-0.3, -0.25) is 4.79 Å². The Bertz CT molecular complexity index is 1180. The number of nitrogens with zero attached hydrogens (tertiary/aromatic N) is 3. The first-order valence-electron chi connectivity index (χ1n) is 10.0. The second-order valence-electron chi connectivity index (χ2n) is 6.71. The number of ether oxygens (including phenoxy) is 1. The number of carbonyl (C=O) groups excluding carboxylic acids is 1. The second kappa shape index (κ2) is 9.54. The highest BCUT2D eigenvalue weighted by Gasteiger charge is 2.13. The summed E-state index contributed by atoms with van der Waals surface area (Å²) in [6.07, 6.45) is 3.50. The predicted octanol–water partition coefficient (Wildman–Crippen LogP) is 4.70. The van der Waals surface area contributed by atoms with Gasteiger partial charge in [0.05, 0.1) is 24.1 Å². The second-order valence-corrected chi connectivity index (χ2v) is 6.71. The number of benzene rings is 3. The molecule has 0 saturated heterocycles. The number of hydrazone groups is 1. The SMILES string of the molecule is CCOc1ccccc1C(=O)N/N=C/c1cn(-c2ccccc2)nc1-c1ccccc1. The topological polar surface area (TPSA) is 68.5 Å². The summed E-state index contributed by atoms with van der Waals surface area (Å²) in [5.74, 6) is 0.191. The van der Waals surface area contributed by atoms with Crippen molar-refractivity contribution in [1.29, 1.82) is 0 Å². The minimum atomic E-state index is -0.336. The van der Waals surface area contributed by atoms with Crippen LogP contribution in [0.25, 0.3) is 16.9 Å². The van der Waals surface area contributed by atoms with Crippen LogP contribution in [-0.4, -0.2) is 28.5 Å². The molecule has 4 aromatic rings. The van der Waals surface area contributed by atoms with Crippen LogP contribution in [0.1, 0.15) is 22.8 Å². The molecule has 0 radical (unpaired) electrons. The Morgan fingerprint density at radius 3 is 2.42 bits per heavy atom. The largest absolute Gasteiger partial charge is 0.493 e. The highest BCUT2D eigenvalue weighted by atomic mass is 16.5. The van der Waals surface area contributed by atoms with Crippen molar-refractivity contribution in [3.05, 3.63) is 102 Å². The molecule has 0 aliphatic heterocycles.